The molecular formula is C22H22F3N3O4S. The smallest absolute Gasteiger partial charge is 0.406 e. The van der Waals surface area contributed by atoms with E-state index in [1.165, 1.54) is 18.2 Å². The maximum atomic E-state index is 13.1. The summed E-state index contributed by atoms with van der Waals surface area (Å²) in [5.74, 6) is -0.632. The summed E-state index contributed by atoms with van der Waals surface area (Å²) in [7, 11) is 0. The van der Waals surface area contributed by atoms with Gasteiger partial charge in [0.25, 0.3) is 0 Å². The molecule has 3 aromatic rings. The van der Waals surface area contributed by atoms with Crippen LogP contribution in [0.2, 0.25) is 0 Å². The van der Waals surface area contributed by atoms with Crippen molar-refractivity contribution in [2.75, 3.05) is 38.2 Å². The third kappa shape index (κ3) is 6.64. The van der Waals surface area contributed by atoms with Gasteiger partial charge in [0.1, 0.15) is 11.8 Å². The number of morpholine rings is 1. The number of anilines is 1. The van der Waals surface area contributed by atoms with Gasteiger partial charge in [0, 0.05) is 19.2 Å². The van der Waals surface area contributed by atoms with Gasteiger partial charge < -0.3 is 19.5 Å². The number of nitrogens with one attached hydrogen (secondary N) is 1. The molecule has 1 atom stereocenters. The van der Waals surface area contributed by atoms with Gasteiger partial charge >= 0.3 is 6.36 Å². The number of amides is 1. The van der Waals surface area contributed by atoms with Gasteiger partial charge in [-0.15, -0.1) is 13.2 Å². The molecule has 1 aliphatic heterocycles. The van der Waals surface area contributed by atoms with E-state index in [0.717, 1.165) is 16.9 Å². The largest absolute Gasteiger partial charge is 0.573 e. The van der Waals surface area contributed by atoms with Crippen LogP contribution in [0.5, 0.6) is 5.75 Å². The Morgan fingerprint density at radius 1 is 1.18 bits per heavy atom. The second-order valence-electron chi connectivity index (χ2n) is 7.35. The van der Waals surface area contributed by atoms with Gasteiger partial charge in [0.15, 0.2) is 5.13 Å². The van der Waals surface area contributed by atoms with E-state index in [2.05, 4.69) is 15.0 Å². The highest BCUT2D eigenvalue weighted by molar-refractivity contribution is 7.22. The Kier molecular flexibility index (Phi) is 7.43. The van der Waals surface area contributed by atoms with Crippen molar-refractivity contribution in [2.45, 2.75) is 19.0 Å². The zero-order valence-corrected chi connectivity index (χ0v) is 18.3. The van der Waals surface area contributed by atoms with Gasteiger partial charge in [0.05, 0.1) is 36.6 Å². The lowest BCUT2D eigenvalue weighted by Crippen LogP contribution is -2.51. The van der Waals surface area contributed by atoms with Crippen LogP contribution in [-0.4, -0.2) is 61.1 Å². The lowest BCUT2D eigenvalue weighted by Gasteiger charge is -2.33. The van der Waals surface area contributed by atoms with Crippen molar-refractivity contribution < 1.29 is 32.2 Å². The lowest BCUT2D eigenvalue weighted by molar-refractivity contribution is -0.274. The van der Waals surface area contributed by atoms with Crippen LogP contribution in [0.3, 0.4) is 0 Å². The first-order valence-electron chi connectivity index (χ1n) is 10.3. The second kappa shape index (κ2) is 10.5. The molecule has 11 heteroatoms. The molecule has 0 saturated carbocycles. The fraction of sp³-hybridized carbons (Fsp3) is 0.364. The van der Waals surface area contributed by atoms with Gasteiger partial charge in [-0.25, -0.2) is 4.98 Å². The van der Waals surface area contributed by atoms with Crippen LogP contribution >= 0.6 is 11.3 Å². The number of ether oxygens (including phenoxy) is 3. The Labute approximate surface area is 192 Å². The molecule has 33 heavy (non-hydrogen) atoms. The van der Waals surface area contributed by atoms with Crippen molar-refractivity contribution in [3.05, 3.63) is 54.1 Å². The van der Waals surface area contributed by atoms with Gasteiger partial charge in [0.2, 0.25) is 5.91 Å². The number of halogens is 3. The molecule has 0 radical (unpaired) electrons. The van der Waals surface area contributed by atoms with Crippen LogP contribution in [0.1, 0.15) is 5.56 Å². The second-order valence-corrected chi connectivity index (χ2v) is 8.38. The fourth-order valence-corrected chi connectivity index (χ4v) is 4.34. The Morgan fingerprint density at radius 3 is 2.67 bits per heavy atom. The normalized spacial score (nSPS) is 16.0. The van der Waals surface area contributed by atoms with Crippen LogP contribution < -0.4 is 10.1 Å². The first kappa shape index (κ1) is 23.4. The number of thiazole rings is 1. The standard InChI is InChI=1S/C22H22F3N3O4S/c23-22(24,25)32-16-6-7-17-19(12-16)33-21(26-17)27-20(29)18(28-8-10-30-11-9-28)14-31-13-15-4-2-1-3-5-15/h1-7,12,18H,8-11,13-14H2,(H,26,27,29). The number of nitrogens with zero attached hydrogens (tertiary/aromatic N) is 2. The Morgan fingerprint density at radius 2 is 1.94 bits per heavy atom. The average Bonchev–Trinajstić information content (AvgIpc) is 3.18. The molecule has 1 saturated heterocycles. The highest BCUT2D eigenvalue weighted by Crippen LogP contribution is 2.31. The minimum atomic E-state index is -4.78. The average molecular weight is 481 g/mol. The van der Waals surface area contributed by atoms with Crippen molar-refractivity contribution in [3.8, 4) is 5.75 Å². The van der Waals surface area contributed by atoms with E-state index in [1.54, 1.807) is 0 Å². The molecule has 2 aromatic carbocycles. The summed E-state index contributed by atoms with van der Waals surface area (Å²) in [6, 6.07) is 13.0. The van der Waals surface area contributed by atoms with Crippen molar-refractivity contribution >= 4 is 32.6 Å². The van der Waals surface area contributed by atoms with E-state index in [9.17, 15) is 18.0 Å². The predicted octanol–water partition coefficient (Wildman–Crippen LogP) is 4.05. The third-order valence-corrected chi connectivity index (χ3v) is 5.93. The van der Waals surface area contributed by atoms with Crippen LogP contribution in [0.25, 0.3) is 10.2 Å². The molecule has 1 N–H and O–H groups in total. The Bertz CT molecular complexity index is 1070. The highest BCUT2D eigenvalue weighted by atomic mass is 32.1. The third-order valence-electron chi connectivity index (χ3n) is 5.00. The minimum absolute atomic E-state index is 0.176. The van der Waals surface area contributed by atoms with Crippen molar-refractivity contribution in [3.63, 3.8) is 0 Å². The molecule has 1 amide bonds. The molecule has 0 spiro atoms. The SMILES string of the molecule is O=C(Nc1nc2ccc(OC(F)(F)F)cc2s1)C(COCc1ccccc1)N1CCOCC1. The summed E-state index contributed by atoms with van der Waals surface area (Å²) < 4.78 is 53.1. The molecule has 2 heterocycles. The van der Waals surface area contributed by atoms with Gasteiger partial charge in [-0.05, 0) is 17.7 Å². The number of carbonyl (C=O) groups is 1. The number of carbonyl (C=O) groups excluding carboxylic acids is 1. The summed E-state index contributed by atoms with van der Waals surface area (Å²) in [6.07, 6.45) is -4.78. The van der Waals surface area contributed by atoms with E-state index in [0.29, 0.717) is 48.3 Å². The maximum Gasteiger partial charge on any atom is 0.573 e. The molecule has 1 unspecified atom stereocenters. The highest BCUT2D eigenvalue weighted by Gasteiger charge is 2.31. The van der Waals surface area contributed by atoms with Crippen molar-refractivity contribution in [2.24, 2.45) is 0 Å². The first-order valence-corrected chi connectivity index (χ1v) is 11.1. The van der Waals surface area contributed by atoms with E-state index >= 15 is 0 Å². The number of hydrogen-bond acceptors (Lipinski definition) is 7. The number of alkyl halides is 3. The van der Waals surface area contributed by atoms with Gasteiger partial charge in [-0.3, -0.25) is 9.69 Å². The molecule has 1 fully saturated rings. The molecule has 1 aromatic heterocycles. The Balaban J connectivity index is 1.44. The summed E-state index contributed by atoms with van der Waals surface area (Å²) in [4.78, 5) is 19.4. The predicted molar refractivity (Wildman–Crippen MR) is 117 cm³/mol. The van der Waals surface area contributed by atoms with Crippen LogP contribution in [0, 0.1) is 0 Å². The van der Waals surface area contributed by atoms with E-state index in [1.807, 2.05) is 35.2 Å². The number of benzene rings is 2. The van der Waals surface area contributed by atoms with Gasteiger partial charge in [-0.2, -0.15) is 0 Å². The van der Waals surface area contributed by atoms with E-state index in [4.69, 9.17) is 9.47 Å². The summed E-state index contributed by atoms with van der Waals surface area (Å²) in [5.41, 5.74) is 1.47. The zero-order valence-electron chi connectivity index (χ0n) is 17.5. The quantitative estimate of drug-likeness (QED) is 0.524. The zero-order chi connectivity index (χ0) is 23.3. The topological polar surface area (TPSA) is 72.9 Å². The van der Waals surface area contributed by atoms with Crippen molar-refractivity contribution in [1.82, 2.24) is 9.88 Å². The molecule has 176 valence electrons. The Hall–Kier alpha value is -2.73. The number of rotatable bonds is 8. The van der Waals surface area contributed by atoms with E-state index < -0.39 is 12.4 Å². The molecule has 0 bridgehead atoms. The lowest BCUT2D eigenvalue weighted by atomic mass is 10.2. The van der Waals surface area contributed by atoms with Gasteiger partial charge in [-0.1, -0.05) is 41.7 Å². The van der Waals surface area contributed by atoms with Crippen molar-refractivity contribution in [1.29, 1.82) is 0 Å². The number of fused-ring (bicyclic) bond motifs is 1. The van der Waals surface area contributed by atoms with E-state index in [-0.39, 0.29) is 18.3 Å². The minimum Gasteiger partial charge on any atom is -0.406 e. The summed E-state index contributed by atoms with van der Waals surface area (Å²) >= 11 is 1.08. The first-order chi connectivity index (χ1) is 15.9. The molecule has 7 nitrogen and oxygen atoms in total. The monoisotopic (exact) mass is 481 g/mol. The maximum absolute atomic E-state index is 13.1. The van der Waals surface area contributed by atoms with Crippen LogP contribution in [0.15, 0.2) is 48.5 Å². The molecule has 4 rings (SSSR count). The number of hydrogen-bond donors (Lipinski definition) is 1. The molecule has 1 aliphatic rings. The van der Waals surface area contributed by atoms with Crippen LogP contribution in [0.4, 0.5) is 18.3 Å². The fourth-order valence-electron chi connectivity index (χ4n) is 3.44. The summed E-state index contributed by atoms with van der Waals surface area (Å²) in [6.45, 7) is 2.76. The molecule has 0 aliphatic carbocycles. The summed E-state index contributed by atoms with van der Waals surface area (Å²) in [5, 5.41) is 3.08. The molecular weight excluding hydrogens is 459 g/mol. The van der Waals surface area contributed by atoms with Crippen LogP contribution in [-0.2, 0) is 20.9 Å². The number of aromatic nitrogens is 1.